The second kappa shape index (κ2) is 13.9. The predicted octanol–water partition coefficient (Wildman–Crippen LogP) is 3.05. The number of likely N-dealkylation sites (N-methyl/N-ethyl adjacent to an activating group) is 1. The zero-order chi connectivity index (χ0) is 27.6. The van der Waals surface area contributed by atoms with Gasteiger partial charge in [0, 0.05) is 63.8 Å². The van der Waals surface area contributed by atoms with Crippen LogP contribution in [0.4, 0.5) is 0 Å². The van der Waals surface area contributed by atoms with Crippen LogP contribution in [-0.4, -0.2) is 90.5 Å². The normalized spacial score (nSPS) is 14.4. The molecule has 1 saturated heterocycles. The van der Waals surface area contributed by atoms with E-state index in [4.69, 9.17) is 0 Å². The number of carbonyl (C=O) groups is 1. The van der Waals surface area contributed by atoms with Gasteiger partial charge in [0.1, 0.15) is 5.69 Å². The number of carbonyl (C=O) groups excluding carboxylic acids is 1. The lowest BCUT2D eigenvalue weighted by Gasteiger charge is -2.31. The van der Waals surface area contributed by atoms with Crippen molar-refractivity contribution >= 4 is 5.91 Å². The molecule has 40 heavy (non-hydrogen) atoms. The molecule has 1 N–H and O–H groups in total. The van der Waals surface area contributed by atoms with Gasteiger partial charge in [0.25, 0.3) is 5.91 Å². The molecule has 0 aliphatic carbocycles. The number of benzene rings is 1. The molecule has 0 unspecified atom stereocenters. The minimum absolute atomic E-state index is 0.0812. The second-order valence-electron chi connectivity index (χ2n) is 10.4. The Morgan fingerprint density at radius 1 is 0.900 bits per heavy atom. The van der Waals surface area contributed by atoms with Crippen LogP contribution in [0.15, 0.2) is 61.2 Å². The first-order chi connectivity index (χ1) is 19.7. The lowest BCUT2D eigenvalue weighted by Crippen LogP contribution is -2.43. The van der Waals surface area contributed by atoms with Crippen molar-refractivity contribution in [1.29, 1.82) is 0 Å². The third-order valence-electron chi connectivity index (χ3n) is 7.26. The number of nitrogens with one attached hydrogen (secondary N) is 1. The fraction of sp³-hybridized carbons (Fsp3) is 0.448. The van der Waals surface area contributed by atoms with Crippen LogP contribution >= 0.6 is 0 Å². The molecule has 1 fully saturated rings. The van der Waals surface area contributed by atoms with Crippen molar-refractivity contribution in [3.63, 3.8) is 0 Å². The van der Waals surface area contributed by atoms with Crippen LogP contribution in [0, 0.1) is 0 Å². The summed E-state index contributed by atoms with van der Waals surface area (Å²) in [6.07, 6.45) is 12.7. The molecular weight excluding hydrogens is 504 g/mol. The Labute approximate surface area is 235 Å². The summed E-state index contributed by atoms with van der Waals surface area (Å²) in [5.41, 5.74) is 4.09. The lowest BCUT2D eigenvalue weighted by atomic mass is 10.1. The number of unbranched alkanes of at least 4 members (excludes halogenated alkanes) is 4. The Kier molecular flexibility index (Phi) is 9.59. The van der Waals surface area contributed by atoms with E-state index in [1.54, 1.807) is 17.1 Å². The van der Waals surface area contributed by atoms with Crippen molar-refractivity contribution in [3.8, 4) is 16.9 Å². The fourth-order valence-electron chi connectivity index (χ4n) is 4.87. The number of aryl methyl sites for hydroxylation is 1. The molecule has 1 aromatic carbocycles. The number of hydrogen-bond acceptors (Lipinski definition) is 8. The highest BCUT2D eigenvalue weighted by molar-refractivity contribution is 5.97. The van der Waals surface area contributed by atoms with Crippen LogP contribution in [0.2, 0.25) is 0 Å². The fourth-order valence-corrected chi connectivity index (χ4v) is 4.87. The summed E-state index contributed by atoms with van der Waals surface area (Å²) < 4.78 is 3.61. The van der Waals surface area contributed by atoms with Gasteiger partial charge in [-0.3, -0.25) is 19.4 Å². The van der Waals surface area contributed by atoms with Gasteiger partial charge in [-0.25, -0.2) is 4.68 Å². The van der Waals surface area contributed by atoms with Crippen LogP contribution < -0.4 is 5.32 Å². The number of rotatable bonds is 13. The van der Waals surface area contributed by atoms with E-state index in [-0.39, 0.29) is 5.91 Å². The van der Waals surface area contributed by atoms with Gasteiger partial charge < -0.3 is 10.2 Å². The van der Waals surface area contributed by atoms with E-state index in [2.05, 4.69) is 47.8 Å². The second-order valence-corrected chi connectivity index (χ2v) is 10.4. The molecule has 210 valence electrons. The molecule has 4 heterocycles. The monoisotopic (exact) mass is 542 g/mol. The molecule has 5 rings (SSSR count). The zero-order valence-corrected chi connectivity index (χ0v) is 23.2. The van der Waals surface area contributed by atoms with Crippen molar-refractivity contribution in [1.82, 2.24) is 50.1 Å². The Hall–Kier alpha value is -3.96. The predicted molar refractivity (Wildman–Crippen MR) is 153 cm³/mol. The van der Waals surface area contributed by atoms with Crippen molar-refractivity contribution < 1.29 is 4.79 Å². The first-order valence-electron chi connectivity index (χ1n) is 14.2. The van der Waals surface area contributed by atoms with Gasteiger partial charge in [0.2, 0.25) is 0 Å². The van der Waals surface area contributed by atoms with Crippen LogP contribution in [-0.2, 0) is 13.1 Å². The number of para-hydroxylation sites is 1. The average Bonchev–Trinajstić information content (AvgIpc) is 3.66. The Bertz CT molecular complexity index is 1340. The first kappa shape index (κ1) is 27.6. The molecule has 4 aromatic rings. The SMILES string of the molecule is CN1CCN(Cc2cn(-c3ccccc3C(=O)NCCCCCCCn3cc(-c4cccnc4)nn3)nn2)CC1. The molecule has 3 aromatic heterocycles. The van der Waals surface area contributed by atoms with Crippen LogP contribution in [0.1, 0.15) is 48.2 Å². The summed E-state index contributed by atoms with van der Waals surface area (Å²) in [7, 11) is 2.15. The average molecular weight is 543 g/mol. The highest BCUT2D eigenvalue weighted by Gasteiger charge is 2.17. The zero-order valence-electron chi connectivity index (χ0n) is 23.2. The third kappa shape index (κ3) is 7.57. The first-order valence-corrected chi connectivity index (χ1v) is 14.2. The van der Waals surface area contributed by atoms with Crippen LogP contribution in [0.5, 0.6) is 0 Å². The summed E-state index contributed by atoms with van der Waals surface area (Å²) in [5, 5.41) is 20.2. The smallest absolute Gasteiger partial charge is 0.253 e. The summed E-state index contributed by atoms with van der Waals surface area (Å²) in [6, 6.07) is 11.5. The molecular formula is C29H38N10O. The maximum absolute atomic E-state index is 13.0. The van der Waals surface area contributed by atoms with Crippen molar-refractivity contribution in [2.45, 2.75) is 45.2 Å². The van der Waals surface area contributed by atoms with E-state index in [1.165, 1.54) is 0 Å². The summed E-state index contributed by atoms with van der Waals surface area (Å²) in [5.74, 6) is -0.0812. The molecule has 0 atom stereocenters. The Morgan fingerprint density at radius 2 is 1.73 bits per heavy atom. The summed E-state index contributed by atoms with van der Waals surface area (Å²) in [4.78, 5) is 21.8. The number of nitrogens with zero attached hydrogens (tertiary/aromatic N) is 9. The van der Waals surface area contributed by atoms with E-state index >= 15 is 0 Å². The molecule has 0 bridgehead atoms. The van der Waals surface area contributed by atoms with Gasteiger partial charge in [0.05, 0.1) is 29.3 Å². The molecule has 0 radical (unpaired) electrons. The lowest BCUT2D eigenvalue weighted by molar-refractivity contribution is 0.0952. The van der Waals surface area contributed by atoms with Gasteiger partial charge in [-0.15, -0.1) is 10.2 Å². The largest absolute Gasteiger partial charge is 0.352 e. The molecule has 1 aliphatic heterocycles. The maximum atomic E-state index is 13.0. The van der Waals surface area contributed by atoms with Crippen LogP contribution in [0.25, 0.3) is 16.9 Å². The van der Waals surface area contributed by atoms with E-state index in [0.29, 0.717) is 12.1 Å². The van der Waals surface area contributed by atoms with Gasteiger partial charge in [0.15, 0.2) is 0 Å². The van der Waals surface area contributed by atoms with Gasteiger partial charge in [-0.1, -0.05) is 41.8 Å². The minimum atomic E-state index is -0.0812. The van der Waals surface area contributed by atoms with Gasteiger partial charge >= 0.3 is 0 Å². The number of piperazine rings is 1. The van der Waals surface area contributed by atoms with Gasteiger partial charge in [-0.2, -0.15) is 0 Å². The standard InChI is InChI=1S/C29H38N10O/c1-36-16-18-37(19-17-36)21-25-22-39(35-32-25)28-12-6-5-11-26(28)29(40)31-14-7-3-2-4-8-15-38-23-27(33-34-38)24-10-9-13-30-20-24/h5-6,9-13,20,22-23H,2-4,7-8,14-19,21H2,1H3,(H,31,40). The summed E-state index contributed by atoms with van der Waals surface area (Å²) >= 11 is 0. The number of hydrogen-bond donors (Lipinski definition) is 1. The molecule has 1 aliphatic rings. The number of aromatic nitrogens is 7. The van der Waals surface area contributed by atoms with E-state index in [1.807, 2.05) is 53.5 Å². The third-order valence-corrected chi connectivity index (χ3v) is 7.26. The van der Waals surface area contributed by atoms with Crippen molar-refractivity contribution in [2.24, 2.45) is 0 Å². The number of amides is 1. The molecule has 11 nitrogen and oxygen atoms in total. The van der Waals surface area contributed by atoms with E-state index in [9.17, 15) is 4.79 Å². The number of pyridine rings is 1. The highest BCUT2D eigenvalue weighted by atomic mass is 16.1. The Morgan fingerprint density at radius 3 is 2.58 bits per heavy atom. The van der Waals surface area contributed by atoms with Crippen LogP contribution in [0.3, 0.4) is 0 Å². The van der Waals surface area contributed by atoms with Crippen molar-refractivity contribution in [2.75, 3.05) is 39.8 Å². The quantitative estimate of drug-likeness (QED) is 0.257. The molecule has 11 heteroatoms. The van der Waals surface area contributed by atoms with E-state index < -0.39 is 0 Å². The molecule has 0 saturated carbocycles. The van der Waals surface area contributed by atoms with Gasteiger partial charge in [-0.05, 0) is 44.2 Å². The molecule has 1 amide bonds. The molecule has 0 spiro atoms. The highest BCUT2D eigenvalue weighted by Crippen LogP contribution is 2.16. The van der Waals surface area contributed by atoms with E-state index in [0.717, 1.165) is 94.0 Å². The Balaban J connectivity index is 1.01. The van der Waals surface area contributed by atoms with Crippen molar-refractivity contribution in [3.05, 3.63) is 72.4 Å². The topological polar surface area (TPSA) is 110 Å². The maximum Gasteiger partial charge on any atom is 0.253 e. The minimum Gasteiger partial charge on any atom is -0.352 e. The summed E-state index contributed by atoms with van der Waals surface area (Å²) in [6.45, 7) is 6.45.